The quantitative estimate of drug-likeness (QED) is 0.753. The number of aryl methyl sites for hydroxylation is 2. The van der Waals surface area contributed by atoms with Crippen LogP contribution in [0.3, 0.4) is 0 Å². The molecular weight excluding hydrogens is 164 g/mol. The van der Waals surface area contributed by atoms with Crippen molar-refractivity contribution >= 4 is 11.7 Å². The van der Waals surface area contributed by atoms with Gasteiger partial charge < -0.3 is 5.32 Å². The minimum absolute atomic E-state index is 0.00111. The van der Waals surface area contributed by atoms with E-state index >= 15 is 0 Å². The Morgan fingerprint density at radius 2 is 2.15 bits per heavy atom. The van der Waals surface area contributed by atoms with Gasteiger partial charge in [-0.2, -0.15) is 0 Å². The first-order valence-corrected chi connectivity index (χ1v) is 4.37. The van der Waals surface area contributed by atoms with Crippen molar-refractivity contribution in [2.75, 3.05) is 5.32 Å². The molecule has 1 heterocycles. The fraction of sp³-hybridized carbons (Fsp3) is 0.400. The van der Waals surface area contributed by atoms with E-state index in [-0.39, 0.29) is 5.91 Å². The van der Waals surface area contributed by atoms with Gasteiger partial charge in [0.15, 0.2) is 0 Å². The number of carbonyl (C=O) groups is 1. The molecule has 0 saturated carbocycles. The molecule has 3 nitrogen and oxygen atoms in total. The van der Waals surface area contributed by atoms with Gasteiger partial charge in [-0.05, 0) is 25.5 Å². The maximum absolute atomic E-state index is 11.1. The van der Waals surface area contributed by atoms with Crippen LogP contribution in [0.15, 0.2) is 12.1 Å². The van der Waals surface area contributed by atoms with Gasteiger partial charge in [-0.25, -0.2) is 4.98 Å². The fourth-order valence-corrected chi connectivity index (χ4v) is 0.973. The Morgan fingerprint density at radius 1 is 1.46 bits per heavy atom. The van der Waals surface area contributed by atoms with Crippen LogP contribution in [0, 0.1) is 13.8 Å². The second kappa shape index (κ2) is 4.03. The molecule has 13 heavy (non-hydrogen) atoms. The maximum atomic E-state index is 11.1. The topological polar surface area (TPSA) is 42.0 Å². The second-order valence-corrected chi connectivity index (χ2v) is 3.02. The molecule has 0 aliphatic rings. The van der Waals surface area contributed by atoms with E-state index in [1.807, 2.05) is 32.9 Å². The molecule has 0 aliphatic heterocycles. The van der Waals surface area contributed by atoms with Crippen molar-refractivity contribution in [3.8, 4) is 0 Å². The minimum atomic E-state index is 0.00111. The first kappa shape index (κ1) is 9.71. The number of anilines is 1. The molecule has 0 aromatic carbocycles. The van der Waals surface area contributed by atoms with Crippen LogP contribution in [0.5, 0.6) is 0 Å². The lowest BCUT2D eigenvalue weighted by atomic mass is 10.2. The standard InChI is InChI=1S/C10H14N2O/c1-4-9(13)12-10-7(2)5-6-8(3)11-10/h5-6H,4H2,1-3H3,(H,11,12,13). The first-order valence-electron chi connectivity index (χ1n) is 4.37. The molecule has 0 atom stereocenters. The monoisotopic (exact) mass is 178 g/mol. The van der Waals surface area contributed by atoms with E-state index < -0.39 is 0 Å². The van der Waals surface area contributed by atoms with E-state index in [0.29, 0.717) is 12.2 Å². The van der Waals surface area contributed by atoms with Crippen LogP contribution in [0.1, 0.15) is 24.6 Å². The van der Waals surface area contributed by atoms with Gasteiger partial charge in [-0.3, -0.25) is 4.79 Å². The molecule has 0 saturated heterocycles. The normalized spacial score (nSPS) is 9.77. The molecule has 0 radical (unpaired) electrons. The number of rotatable bonds is 2. The summed E-state index contributed by atoms with van der Waals surface area (Å²) in [4.78, 5) is 15.3. The Labute approximate surface area is 78.2 Å². The molecule has 1 amide bonds. The Hall–Kier alpha value is -1.38. The number of carbonyl (C=O) groups excluding carboxylic acids is 1. The number of hydrogen-bond acceptors (Lipinski definition) is 2. The van der Waals surface area contributed by atoms with E-state index in [9.17, 15) is 4.79 Å². The molecule has 1 aromatic heterocycles. The number of hydrogen-bond donors (Lipinski definition) is 1. The van der Waals surface area contributed by atoms with Crippen LogP contribution in [-0.2, 0) is 4.79 Å². The lowest BCUT2D eigenvalue weighted by molar-refractivity contribution is -0.115. The summed E-state index contributed by atoms with van der Waals surface area (Å²) in [6.07, 6.45) is 0.481. The van der Waals surface area contributed by atoms with Gasteiger partial charge in [0.2, 0.25) is 5.91 Å². The lowest BCUT2D eigenvalue weighted by Crippen LogP contribution is -2.12. The summed E-state index contributed by atoms with van der Waals surface area (Å²) in [7, 11) is 0. The third-order valence-corrected chi connectivity index (χ3v) is 1.82. The number of nitrogens with one attached hydrogen (secondary N) is 1. The summed E-state index contributed by atoms with van der Waals surface area (Å²) in [5.41, 5.74) is 1.91. The van der Waals surface area contributed by atoms with Crippen LogP contribution in [0.4, 0.5) is 5.82 Å². The molecule has 0 aliphatic carbocycles. The van der Waals surface area contributed by atoms with Crippen molar-refractivity contribution in [2.24, 2.45) is 0 Å². The average molecular weight is 178 g/mol. The van der Waals surface area contributed by atoms with E-state index in [1.54, 1.807) is 0 Å². The molecule has 0 spiro atoms. The predicted octanol–water partition coefficient (Wildman–Crippen LogP) is 2.05. The molecular formula is C10H14N2O. The average Bonchev–Trinajstić information content (AvgIpc) is 2.11. The van der Waals surface area contributed by atoms with Crippen LogP contribution in [0.2, 0.25) is 0 Å². The van der Waals surface area contributed by atoms with E-state index in [2.05, 4.69) is 10.3 Å². The van der Waals surface area contributed by atoms with Crippen LogP contribution in [-0.4, -0.2) is 10.9 Å². The van der Waals surface area contributed by atoms with Crippen LogP contribution >= 0.6 is 0 Å². The van der Waals surface area contributed by atoms with Gasteiger partial charge in [-0.1, -0.05) is 13.0 Å². The third-order valence-electron chi connectivity index (χ3n) is 1.82. The van der Waals surface area contributed by atoms with E-state index in [4.69, 9.17) is 0 Å². The Kier molecular flexibility index (Phi) is 3.01. The summed E-state index contributed by atoms with van der Waals surface area (Å²) < 4.78 is 0. The summed E-state index contributed by atoms with van der Waals surface area (Å²) >= 11 is 0. The zero-order chi connectivity index (χ0) is 9.84. The molecule has 70 valence electrons. The van der Waals surface area contributed by atoms with Crippen molar-refractivity contribution in [3.63, 3.8) is 0 Å². The van der Waals surface area contributed by atoms with Gasteiger partial charge in [0.1, 0.15) is 5.82 Å². The SMILES string of the molecule is CCC(=O)Nc1nc(C)ccc1C. The van der Waals surface area contributed by atoms with Gasteiger partial charge in [0.05, 0.1) is 0 Å². The van der Waals surface area contributed by atoms with Crippen LogP contribution < -0.4 is 5.32 Å². The number of aromatic nitrogens is 1. The molecule has 1 rings (SSSR count). The highest BCUT2D eigenvalue weighted by Crippen LogP contribution is 2.11. The summed E-state index contributed by atoms with van der Waals surface area (Å²) in [5, 5.41) is 2.75. The zero-order valence-electron chi connectivity index (χ0n) is 8.22. The number of pyridine rings is 1. The van der Waals surface area contributed by atoms with Crippen molar-refractivity contribution in [1.29, 1.82) is 0 Å². The third kappa shape index (κ3) is 2.54. The van der Waals surface area contributed by atoms with Crippen LogP contribution in [0.25, 0.3) is 0 Å². The highest BCUT2D eigenvalue weighted by molar-refractivity contribution is 5.90. The lowest BCUT2D eigenvalue weighted by Gasteiger charge is -2.06. The van der Waals surface area contributed by atoms with E-state index in [0.717, 1.165) is 11.3 Å². The Morgan fingerprint density at radius 3 is 2.77 bits per heavy atom. The van der Waals surface area contributed by atoms with Crippen molar-refractivity contribution in [3.05, 3.63) is 23.4 Å². The molecule has 0 bridgehead atoms. The first-order chi connectivity index (χ1) is 6.13. The highest BCUT2D eigenvalue weighted by atomic mass is 16.1. The largest absolute Gasteiger partial charge is 0.310 e. The summed E-state index contributed by atoms with van der Waals surface area (Å²) in [6.45, 7) is 5.65. The Balaban J connectivity index is 2.87. The molecule has 1 aromatic rings. The van der Waals surface area contributed by atoms with Crippen molar-refractivity contribution in [1.82, 2.24) is 4.98 Å². The van der Waals surface area contributed by atoms with Gasteiger partial charge in [-0.15, -0.1) is 0 Å². The van der Waals surface area contributed by atoms with Gasteiger partial charge in [0.25, 0.3) is 0 Å². The second-order valence-electron chi connectivity index (χ2n) is 3.02. The van der Waals surface area contributed by atoms with Gasteiger partial charge >= 0.3 is 0 Å². The molecule has 0 unspecified atom stereocenters. The molecule has 3 heteroatoms. The predicted molar refractivity (Wildman–Crippen MR) is 52.6 cm³/mol. The molecule has 0 fully saturated rings. The summed E-state index contributed by atoms with van der Waals surface area (Å²) in [5.74, 6) is 0.674. The zero-order valence-corrected chi connectivity index (χ0v) is 8.22. The fourth-order valence-electron chi connectivity index (χ4n) is 0.973. The van der Waals surface area contributed by atoms with E-state index in [1.165, 1.54) is 0 Å². The number of nitrogens with zero attached hydrogens (tertiary/aromatic N) is 1. The highest BCUT2D eigenvalue weighted by Gasteiger charge is 2.03. The summed E-state index contributed by atoms with van der Waals surface area (Å²) in [6, 6.07) is 3.88. The van der Waals surface area contributed by atoms with Gasteiger partial charge in [0, 0.05) is 12.1 Å². The molecule has 1 N–H and O–H groups in total. The maximum Gasteiger partial charge on any atom is 0.225 e. The Bertz CT molecular complexity index is 321. The smallest absolute Gasteiger partial charge is 0.225 e. The minimum Gasteiger partial charge on any atom is -0.310 e. The van der Waals surface area contributed by atoms with Crippen molar-refractivity contribution < 1.29 is 4.79 Å². The van der Waals surface area contributed by atoms with Crippen molar-refractivity contribution in [2.45, 2.75) is 27.2 Å². The number of amides is 1.